The fourth-order valence-electron chi connectivity index (χ4n) is 2.95. The van der Waals surface area contributed by atoms with E-state index in [0.29, 0.717) is 11.1 Å². The number of fused-ring (bicyclic) bond motifs is 1. The van der Waals surface area contributed by atoms with Crippen LogP contribution in [0.1, 0.15) is 21.5 Å². The van der Waals surface area contributed by atoms with Crippen molar-refractivity contribution < 1.29 is 28.2 Å². The fraction of sp³-hybridized carbons (Fsp3) is 0.158. The fourth-order valence-corrected chi connectivity index (χ4v) is 4.17. The number of carboxylic acid groups (broad SMARTS) is 2. The number of rotatable bonds is 7. The average molecular weight is 402 g/mol. The number of carboxylic acids is 2. The highest BCUT2D eigenvalue weighted by molar-refractivity contribution is 7.89. The van der Waals surface area contributed by atoms with Gasteiger partial charge in [0.05, 0.1) is 10.5 Å². The minimum Gasteiger partial charge on any atom is -0.480 e. The Morgan fingerprint density at radius 3 is 2.54 bits per heavy atom. The Balaban J connectivity index is 1.91. The van der Waals surface area contributed by atoms with Crippen molar-refractivity contribution in [2.24, 2.45) is 0 Å². The molecule has 1 atom stereocenters. The van der Waals surface area contributed by atoms with Gasteiger partial charge in [-0.1, -0.05) is 24.3 Å². The van der Waals surface area contributed by atoms with E-state index in [9.17, 15) is 28.2 Å². The molecule has 1 heterocycles. The number of carbonyl (C=O) groups is 2. The van der Waals surface area contributed by atoms with Crippen LogP contribution in [0.3, 0.4) is 0 Å². The van der Waals surface area contributed by atoms with Gasteiger partial charge in [0, 0.05) is 23.5 Å². The van der Waals surface area contributed by atoms with Crippen molar-refractivity contribution in [2.45, 2.75) is 24.3 Å². The molecule has 4 N–H and O–H groups in total. The number of aromatic carboxylic acids is 1. The van der Waals surface area contributed by atoms with Crippen LogP contribution in [0.5, 0.6) is 0 Å². The van der Waals surface area contributed by atoms with E-state index in [1.165, 1.54) is 12.1 Å². The number of aliphatic carboxylic acids is 1. The highest BCUT2D eigenvalue weighted by Crippen LogP contribution is 2.21. The van der Waals surface area contributed by atoms with Gasteiger partial charge in [0.1, 0.15) is 6.04 Å². The van der Waals surface area contributed by atoms with Gasteiger partial charge in [0.15, 0.2) is 0 Å². The van der Waals surface area contributed by atoms with Gasteiger partial charge in [-0.15, -0.1) is 0 Å². The van der Waals surface area contributed by atoms with Crippen LogP contribution in [0.15, 0.2) is 53.6 Å². The Bertz CT molecular complexity index is 1170. The number of aryl methyl sites for hydroxylation is 1. The SMILES string of the molecule is Cc1ccc(S(=O)(=O)NC(Cc2c[nH]c3ccccc23)C(=O)O)cc1C(=O)O. The summed E-state index contributed by atoms with van der Waals surface area (Å²) < 4.78 is 27.5. The molecular weight excluding hydrogens is 384 g/mol. The lowest BCUT2D eigenvalue weighted by atomic mass is 10.1. The number of benzene rings is 2. The second-order valence-corrected chi connectivity index (χ2v) is 8.07. The third kappa shape index (κ3) is 3.90. The quantitative estimate of drug-likeness (QED) is 0.478. The van der Waals surface area contributed by atoms with E-state index in [2.05, 4.69) is 9.71 Å². The second kappa shape index (κ2) is 7.45. The number of para-hydroxylation sites is 1. The zero-order valence-electron chi connectivity index (χ0n) is 14.8. The molecule has 3 aromatic rings. The summed E-state index contributed by atoms with van der Waals surface area (Å²) in [7, 11) is -4.24. The maximum absolute atomic E-state index is 12.7. The molecule has 0 aliphatic heterocycles. The molecular formula is C19H18N2O6S. The molecule has 0 aliphatic rings. The smallest absolute Gasteiger partial charge is 0.335 e. The lowest BCUT2D eigenvalue weighted by Crippen LogP contribution is -2.42. The van der Waals surface area contributed by atoms with Crippen LogP contribution in [0.2, 0.25) is 0 Å². The molecule has 2 aromatic carbocycles. The summed E-state index contributed by atoms with van der Waals surface area (Å²) in [6.45, 7) is 1.55. The maximum Gasteiger partial charge on any atom is 0.335 e. The van der Waals surface area contributed by atoms with Crippen LogP contribution in [-0.4, -0.2) is 41.6 Å². The minimum atomic E-state index is -4.24. The molecule has 8 nitrogen and oxygen atoms in total. The molecule has 0 bridgehead atoms. The number of nitrogens with one attached hydrogen (secondary N) is 2. The molecule has 0 fully saturated rings. The largest absolute Gasteiger partial charge is 0.480 e. The van der Waals surface area contributed by atoms with Crippen molar-refractivity contribution in [3.8, 4) is 0 Å². The molecule has 1 unspecified atom stereocenters. The Morgan fingerprint density at radius 2 is 1.86 bits per heavy atom. The third-order valence-electron chi connectivity index (χ3n) is 4.44. The first-order chi connectivity index (χ1) is 13.2. The number of H-pyrrole nitrogens is 1. The van der Waals surface area contributed by atoms with E-state index in [1.807, 2.05) is 18.2 Å². The Hall–Kier alpha value is -3.17. The summed E-state index contributed by atoms with van der Waals surface area (Å²) in [5, 5.41) is 19.5. The van der Waals surface area contributed by atoms with Crippen molar-refractivity contribution in [2.75, 3.05) is 0 Å². The van der Waals surface area contributed by atoms with Gasteiger partial charge < -0.3 is 15.2 Å². The van der Waals surface area contributed by atoms with Crippen molar-refractivity contribution >= 4 is 32.9 Å². The zero-order chi connectivity index (χ0) is 20.5. The van der Waals surface area contributed by atoms with E-state index < -0.39 is 28.0 Å². The summed E-state index contributed by atoms with van der Waals surface area (Å²) in [6.07, 6.45) is 1.57. The lowest BCUT2D eigenvalue weighted by Gasteiger charge is -2.15. The zero-order valence-corrected chi connectivity index (χ0v) is 15.7. The van der Waals surface area contributed by atoms with Crippen LogP contribution in [0, 0.1) is 6.92 Å². The van der Waals surface area contributed by atoms with Gasteiger partial charge >= 0.3 is 11.9 Å². The molecule has 0 radical (unpaired) electrons. The monoisotopic (exact) mass is 402 g/mol. The predicted molar refractivity (Wildman–Crippen MR) is 102 cm³/mol. The number of hydrogen-bond acceptors (Lipinski definition) is 4. The van der Waals surface area contributed by atoms with Crippen LogP contribution >= 0.6 is 0 Å². The van der Waals surface area contributed by atoms with E-state index in [-0.39, 0.29) is 16.9 Å². The van der Waals surface area contributed by atoms with Gasteiger partial charge in [-0.05, 0) is 36.2 Å². The van der Waals surface area contributed by atoms with Crippen molar-refractivity contribution in [3.05, 3.63) is 65.4 Å². The molecule has 3 rings (SSSR count). The summed E-state index contributed by atoms with van der Waals surface area (Å²) in [6, 6.07) is 9.49. The molecule has 0 aliphatic carbocycles. The highest BCUT2D eigenvalue weighted by atomic mass is 32.2. The molecule has 0 saturated carbocycles. The van der Waals surface area contributed by atoms with Crippen LogP contribution in [0.4, 0.5) is 0 Å². The van der Waals surface area contributed by atoms with Gasteiger partial charge in [-0.2, -0.15) is 4.72 Å². The Kier molecular flexibility index (Phi) is 5.21. The Labute approximate surface area is 160 Å². The molecule has 0 spiro atoms. The summed E-state index contributed by atoms with van der Waals surface area (Å²) in [4.78, 5) is 25.6. The summed E-state index contributed by atoms with van der Waals surface area (Å²) >= 11 is 0. The van der Waals surface area contributed by atoms with Gasteiger partial charge in [0.2, 0.25) is 10.0 Å². The number of sulfonamides is 1. The van der Waals surface area contributed by atoms with Crippen LogP contribution in [-0.2, 0) is 21.2 Å². The molecule has 1 aromatic heterocycles. The molecule has 9 heteroatoms. The minimum absolute atomic E-state index is 0.0732. The topological polar surface area (TPSA) is 137 Å². The van der Waals surface area contributed by atoms with E-state index in [0.717, 1.165) is 17.0 Å². The molecule has 28 heavy (non-hydrogen) atoms. The van der Waals surface area contributed by atoms with Crippen molar-refractivity contribution in [3.63, 3.8) is 0 Å². The molecule has 146 valence electrons. The third-order valence-corrected chi connectivity index (χ3v) is 5.91. The maximum atomic E-state index is 12.7. The first-order valence-electron chi connectivity index (χ1n) is 8.33. The average Bonchev–Trinajstić information content (AvgIpc) is 3.04. The van der Waals surface area contributed by atoms with E-state index in [4.69, 9.17) is 0 Å². The molecule has 0 amide bonds. The number of hydrogen-bond donors (Lipinski definition) is 4. The molecule has 0 saturated heterocycles. The predicted octanol–water partition coefficient (Wildman–Crippen LogP) is 2.15. The Morgan fingerprint density at radius 1 is 1.14 bits per heavy atom. The van der Waals surface area contributed by atoms with Gasteiger partial charge in [0.25, 0.3) is 0 Å². The van der Waals surface area contributed by atoms with Crippen LogP contribution in [0.25, 0.3) is 10.9 Å². The van der Waals surface area contributed by atoms with Crippen molar-refractivity contribution in [1.29, 1.82) is 0 Å². The van der Waals surface area contributed by atoms with E-state index >= 15 is 0 Å². The van der Waals surface area contributed by atoms with Gasteiger partial charge in [-0.3, -0.25) is 4.79 Å². The standard InChI is InChI=1S/C19H18N2O6S/c1-11-6-7-13(9-15(11)18(22)23)28(26,27)21-17(19(24)25)8-12-10-20-16-5-3-2-4-14(12)16/h2-7,9-10,17,20-21H,8H2,1H3,(H,22,23)(H,24,25). The second-order valence-electron chi connectivity index (χ2n) is 6.36. The number of aromatic nitrogens is 1. The lowest BCUT2D eigenvalue weighted by molar-refractivity contribution is -0.138. The highest BCUT2D eigenvalue weighted by Gasteiger charge is 2.27. The van der Waals surface area contributed by atoms with Crippen LogP contribution < -0.4 is 4.72 Å². The first kappa shape index (κ1) is 19.6. The van der Waals surface area contributed by atoms with Gasteiger partial charge in [-0.25, -0.2) is 13.2 Å². The van der Waals surface area contributed by atoms with Crippen molar-refractivity contribution in [1.82, 2.24) is 9.71 Å². The number of aromatic amines is 1. The summed E-state index contributed by atoms with van der Waals surface area (Å²) in [5.74, 6) is -2.59. The normalized spacial score (nSPS) is 12.8. The first-order valence-corrected chi connectivity index (χ1v) is 9.81. The van der Waals surface area contributed by atoms with E-state index in [1.54, 1.807) is 19.2 Å². The summed E-state index contributed by atoms with van der Waals surface area (Å²) in [5.41, 5.74) is 1.71.